The van der Waals surface area contributed by atoms with Gasteiger partial charge in [0.1, 0.15) is 0 Å². The summed E-state index contributed by atoms with van der Waals surface area (Å²) in [6.07, 6.45) is 3.90. The first-order chi connectivity index (χ1) is 11.8. The third kappa shape index (κ3) is 3.05. The summed E-state index contributed by atoms with van der Waals surface area (Å²) in [4.78, 5) is 12.6. The van der Waals surface area contributed by atoms with Gasteiger partial charge in [-0.1, -0.05) is 11.2 Å². The van der Waals surface area contributed by atoms with Crippen LogP contribution in [0.5, 0.6) is 5.88 Å². The van der Waals surface area contributed by atoms with E-state index in [2.05, 4.69) is 37.5 Å². The molecular weight excluding hydrogens is 324 g/mol. The number of hydrogen-bond donors (Lipinski definition) is 0. The number of ether oxygens (including phenoxy) is 1. The molecule has 0 saturated carbocycles. The smallest absolute Gasteiger partial charge is 0.244 e. The molecule has 0 radical (unpaired) electrons. The van der Waals surface area contributed by atoms with Crippen LogP contribution in [-0.4, -0.2) is 33.7 Å². The van der Waals surface area contributed by atoms with E-state index in [1.165, 1.54) is 4.88 Å². The molecule has 3 aromatic heterocycles. The molecule has 6 nitrogen and oxygen atoms in total. The van der Waals surface area contributed by atoms with Gasteiger partial charge in [0.25, 0.3) is 0 Å². The maximum atomic E-state index is 5.55. The number of thiophene rings is 1. The lowest BCUT2D eigenvalue weighted by Gasteiger charge is -2.20. The Hall–Kier alpha value is -2.25. The lowest BCUT2D eigenvalue weighted by Crippen LogP contribution is -2.22. The van der Waals surface area contributed by atoms with Gasteiger partial charge >= 0.3 is 0 Å². The third-order valence-corrected chi connectivity index (χ3v) is 5.09. The second kappa shape index (κ2) is 6.70. The number of pyridine rings is 1. The average Bonchev–Trinajstić information content (AvgIpc) is 3.37. The number of rotatable bonds is 5. The normalized spacial score (nSPS) is 18.1. The second-order valence-electron chi connectivity index (χ2n) is 5.75. The first-order valence-electron chi connectivity index (χ1n) is 7.94. The Balaban J connectivity index is 1.52. The standard InChI is InChI=1S/C17H18N4O2S/c1-22-15-7-6-12(10-18-15)16-19-17(23-20-16)14-5-2-8-21(14)11-13-4-3-9-24-13/h3-4,6-7,9-10,14H,2,5,8,11H2,1H3. The summed E-state index contributed by atoms with van der Waals surface area (Å²) >= 11 is 1.78. The SMILES string of the molecule is COc1ccc(-c2noc(C3CCCN3Cc3cccs3)n2)cn1. The van der Waals surface area contributed by atoms with Gasteiger partial charge < -0.3 is 9.26 Å². The summed E-state index contributed by atoms with van der Waals surface area (Å²) in [7, 11) is 1.59. The highest BCUT2D eigenvalue weighted by Gasteiger charge is 2.31. The minimum Gasteiger partial charge on any atom is -0.481 e. The molecule has 1 unspecified atom stereocenters. The van der Waals surface area contributed by atoms with Crippen LogP contribution in [0.15, 0.2) is 40.4 Å². The van der Waals surface area contributed by atoms with Crippen LogP contribution in [0.3, 0.4) is 0 Å². The summed E-state index contributed by atoms with van der Waals surface area (Å²) in [5.41, 5.74) is 0.827. The molecule has 0 spiro atoms. The third-order valence-electron chi connectivity index (χ3n) is 4.23. The van der Waals surface area contributed by atoms with Crippen molar-refractivity contribution >= 4 is 11.3 Å². The van der Waals surface area contributed by atoms with E-state index in [4.69, 9.17) is 9.26 Å². The Morgan fingerprint density at radius 1 is 1.38 bits per heavy atom. The van der Waals surface area contributed by atoms with Gasteiger partial charge in [-0.25, -0.2) is 4.98 Å². The average molecular weight is 342 g/mol. The first kappa shape index (κ1) is 15.3. The summed E-state index contributed by atoms with van der Waals surface area (Å²) in [6, 6.07) is 8.14. The molecule has 0 aliphatic carbocycles. The van der Waals surface area contributed by atoms with Gasteiger partial charge in [-0.15, -0.1) is 11.3 Å². The zero-order valence-corrected chi connectivity index (χ0v) is 14.2. The Kier molecular flexibility index (Phi) is 4.27. The van der Waals surface area contributed by atoms with Crippen LogP contribution in [0.4, 0.5) is 0 Å². The van der Waals surface area contributed by atoms with Gasteiger partial charge in [-0.3, -0.25) is 4.90 Å². The second-order valence-corrected chi connectivity index (χ2v) is 6.79. The minimum absolute atomic E-state index is 0.194. The van der Waals surface area contributed by atoms with Crippen molar-refractivity contribution in [2.24, 2.45) is 0 Å². The molecule has 0 N–H and O–H groups in total. The zero-order valence-electron chi connectivity index (χ0n) is 13.4. The largest absolute Gasteiger partial charge is 0.481 e. The number of hydrogen-bond acceptors (Lipinski definition) is 7. The summed E-state index contributed by atoms with van der Waals surface area (Å²) in [6.45, 7) is 1.99. The van der Waals surface area contributed by atoms with Gasteiger partial charge in [0.15, 0.2) is 0 Å². The van der Waals surface area contributed by atoms with Crippen LogP contribution >= 0.6 is 11.3 Å². The molecule has 1 aliphatic rings. The van der Waals surface area contributed by atoms with Crippen molar-refractivity contribution in [3.63, 3.8) is 0 Å². The Morgan fingerprint density at radius 2 is 2.33 bits per heavy atom. The van der Waals surface area contributed by atoms with Crippen LogP contribution in [-0.2, 0) is 6.54 Å². The monoisotopic (exact) mass is 342 g/mol. The topological polar surface area (TPSA) is 64.3 Å². The van der Waals surface area contributed by atoms with Crippen LogP contribution in [0, 0.1) is 0 Å². The van der Waals surface area contributed by atoms with Gasteiger partial charge in [0.05, 0.1) is 13.2 Å². The minimum atomic E-state index is 0.194. The number of methoxy groups -OCH3 is 1. The first-order valence-corrected chi connectivity index (χ1v) is 8.82. The van der Waals surface area contributed by atoms with E-state index in [0.29, 0.717) is 17.6 Å². The molecule has 1 saturated heterocycles. The van der Waals surface area contributed by atoms with E-state index in [1.807, 2.05) is 6.07 Å². The predicted octanol–water partition coefficient (Wildman–Crippen LogP) is 3.54. The lowest BCUT2D eigenvalue weighted by molar-refractivity contribution is 0.202. The highest BCUT2D eigenvalue weighted by molar-refractivity contribution is 7.09. The number of nitrogens with zero attached hydrogens (tertiary/aromatic N) is 4. The van der Waals surface area contributed by atoms with Crippen molar-refractivity contribution in [1.82, 2.24) is 20.0 Å². The van der Waals surface area contributed by atoms with Crippen molar-refractivity contribution in [3.8, 4) is 17.3 Å². The molecule has 4 heterocycles. The molecule has 24 heavy (non-hydrogen) atoms. The van der Waals surface area contributed by atoms with Crippen molar-refractivity contribution < 1.29 is 9.26 Å². The Bertz CT molecular complexity index is 785. The number of aromatic nitrogens is 3. The molecule has 0 amide bonds. The van der Waals surface area contributed by atoms with Crippen LogP contribution in [0.25, 0.3) is 11.4 Å². The molecule has 3 aromatic rings. The molecule has 1 atom stereocenters. The highest BCUT2D eigenvalue weighted by atomic mass is 32.1. The fourth-order valence-corrected chi connectivity index (χ4v) is 3.75. The number of likely N-dealkylation sites (tertiary alicyclic amines) is 1. The molecule has 4 rings (SSSR count). The molecule has 124 valence electrons. The quantitative estimate of drug-likeness (QED) is 0.707. The molecule has 1 fully saturated rings. The summed E-state index contributed by atoms with van der Waals surface area (Å²) in [5, 5.41) is 6.24. The van der Waals surface area contributed by atoms with Crippen molar-refractivity contribution in [3.05, 3.63) is 46.6 Å². The van der Waals surface area contributed by atoms with Crippen molar-refractivity contribution in [2.45, 2.75) is 25.4 Å². The van der Waals surface area contributed by atoms with Crippen LogP contribution in [0.1, 0.15) is 29.7 Å². The van der Waals surface area contributed by atoms with Gasteiger partial charge in [0.2, 0.25) is 17.6 Å². The van der Waals surface area contributed by atoms with Crippen LogP contribution < -0.4 is 4.74 Å². The summed E-state index contributed by atoms with van der Waals surface area (Å²) < 4.78 is 10.6. The maximum absolute atomic E-state index is 5.55. The van der Waals surface area contributed by atoms with Gasteiger partial charge in [-0.05, 0) is 36.9 Å². The van der Waals surface area contributed by atoms with E-state index < -0.39 is 0 Å². The fourth-order valence-electron chi connectivity index (χ4n) is 3.02. The van der Waals surface area contributed by atoms with E-state index in [9.17, 15) is 0 Å². The van der Waals surface area contributed by atoms with Crippen molar-refractivity contribution in [1.29, 1.82) is 0 Å². The molecule has 7 heteroatoms. The molecular formula is C17H18N4O2S. The van der Waals surface area contributed by atoms with Crippen molar-refractivity contribution in [2.75, 3.05) is 13.7 Å². The molecule has 1 aliphatic heterocycles. The summed E-state index contributed by atoms with van der Waals surface area (Å²) in [5.74, 6) is 1.83. The Labute approximate surface area is 144 Å². The van der Waals surface area contributed by atoms with E-state index >= 15 is 0 Å². The van der Waals surface area contributed by atoms with Gasteiger partial charge in [0, 0.05) is 29.2 Å². The maximum Gasteiger partial charge on any atom is 0.244 e. The molecule has 0 aromatic carbocycles. The van der Waals surface area contributed by atoms with Gasteiger partial charge in [-0.2, -0.15) is 4.98 Å². The van der Waals surface area contributed by atoms with E-state index in [0.717, 1.165) is 31.5 Å². The van der Waals surface area contributed by atoms with E-state index in [1.54, 1.807) is 30.7 Å². The predicted molar refractivity (Wildman–Crippen MR) is 90.8 cm³/mol. The highest BCUT2D eigenvalue weighted by Crippen LogP contribution is 2.33. The molecule has 0 bridgehead atoms. The van der Waals surface area contributed by atoms with E-state index in [-0.39, 0.29) is 6.04 Å². The Morgan fingerprint density at radius 3 is 3.08 bits per heavy atom. The lowest BCUT2D eigenvalue weighted by atomic mass is 10.2. The fraction of sp³-hybridized carbons (Fsp3) is 0.353. The van der Waals surface area contributed by atoms with Crippen LogP contribution in [0.2, 0.25) is 0 Å². The zero-order chi connectivity index (χ0) is 16.4.